The van der Waals surface area contributed by atoms with Crippen molar-refractivity contribution < 1.29 is 4.52 Å². The van der Waals surface area contributed by atoms with Crippen molar-refractivity contribution in [1.82, 2.24) is 10.1 Å². The van der Waals surface area contributed by atoms with Gasteiger partial charge in [0.2, 0.25) is 5.89 Å². The molecule has 0 radical (unpaired) electrons. The molecule has 1 saturated carbocycles. The third kappa shape index (κ3) is 2.30. The molecule has 0 spiro atoms. The minimum atomic E-state index is -0.389. The van der Waals surface area contributed by atoms with E-state index in [2.05, 4.69) is 37.8 Å². The lowest BCUT2D eigenvalue weighted by atomic mass is 9.71. The third-order valence-corrected chi connectivity index (χ3v) is 4.10. The Bertz CT molecular complexity index is 407. The number of hydrogen-bond donors (Lipinski definition) is 1. The van der Waals surface area contributed by atoms with Gasteiger partial charge < -0.3 is 10.3 Å². The van der Waals surface area contributed by atoms with E-state index in [1.165, 1.54) is 12.8 Å². The second-order valence-corrected chi connectivity index (χ2v) is 6.56. The van der Waals surface area contributed by atoms with Gasteiger partial charge in [0.1, 0.15) is 0 Å². The number of hydrogen-bond acceptors (Lipinski definition) is 4. The molecule has 4 heteroatoms. The summed E-state index contributed by atoms with van der Waals surface area (Å²) in [5, 5.41) is 4.17. The van der Waals surface area contributed by atoms with E-state index in [1.54, 1.807) is 0 Å². The van der Waals surface area contributed by atoms with Crippen LogP contribution < -0.4 is 5.73 Å². The fraction of sp³-hybridized carbons (Fsp3) is 0.857. The molecule has 102 valence electrons. The normalized spacial score (nSPS) is 29.5. The van der Waals surface area contributed by atoms with Crippen LogP contribution in [-0.2, 0) is 11.0 Å². The highest BCUT2D eigenvalue weighted by Gasteiger charge is 2.42. The van der Waals surface area contributed by atoms with Crippen LogP contribution in [0, 0.1) is 5.92 Å². The summed E-state index contributed by atoms with van der Waals surface area (Å²) in [5.74, 6) is 1.86. The molecule has 0 aliphatic heterocycles. The lowest BCUT2D eigenvalue weighted by Gasteiger charge is -2.38. The molecule has 18 heavy (non-hydrogen) atoms. The summed E-state index contributed by atoms with van der Waals surface area (Å²) in [4.78, 5) is 4.57. The van der Waals surface area contributed by atoms with Crippen LogP contribution in [-0.4, -0.2) is 10.1 Å². The van der Waals surface area contributed by atoms with Crippen LogP contribution in [0.1, 0.15) is 71.5 Å². The molecule has 2 rings (SSSR count). The van der Waals surface area contributed by atoms with Gasteiger partial charge in [-0.05, 0) is 18.8 Å². The SMILES string of the molecule is CCC1CCCCC1(N)c1noc(C(C)(C)C)n1. The predicted molar refractivity (Wildman–Crippen MR) is 71.1 cm³/mol. The Labute approximate surface area is 109 Å². The summed E-state index contributed by atoms with van der Waals surface area (Å²) in [6.45, 7) is 8.42. The van der Waals surface area contributed by atoms with Crippen LogP contribution in [0.15, 0.2) is 4.52 Å². The zero-order valence-electron chi connectivity index (χ0n) is 12.0. The first-order valence-electron chi connectivity index (χ1n) is 7.01. The molecular formula is C14H25N3O. The van der Waals surface area contributed by atoms with Crippen LogP contribution in [0.5, 0.6) is 0 Å². The molecule has 0 bridgehead atoms. The van der Waals surface area contributed by atoms with Gasteiger partial charge in [0, 0.05) is 5.41 Å². The van der Waals surface area contributed by atoms with Crippen LogP contribution in [0.3, 0.4) is 0 Å². The van der Waals surface area contributed by atoms with E-state index in [4.69, 9.17) is 10.3 Å². The van der Waals surface area contributed by atoms with Gasteiger partial charge in [-0.2, -0.15) is 4.98 Å². The lowest BCUT2D eigenvalue weighted by Crippen LogP contribution is -2.47. The maximum atomic E-state index is 6.61. The molecule has 0 saturated heterocycles. The lowest BCUT2D eigenvalue weighted by molar-refractivity contribution is 0.169. The van der Waals surface area contributed by atoms with Crippen molar-refractivity contribution in [3.63, 3.8) is 0 Å². The molecular weight excluding hydrogens is 226 g/mol. The molecule has 1 aliphatic carbocycles. The van der Waals surface area contributed by atoms with Crippen molar-refractivity contribution in [1.29, 1.82) is 0 Å². The molecule has 0 aromatic carbocycles. The summed E-state index contributed by atoms with van der Waals surface area (Å²) in [7, 11) is 0. The molecule has 2 unspecified atom stereocenters. The zero-order chi connectivity index (χ0) is 13.4. The van der Waals surface area contributed by atoms with Crippen LogP contribution in [0.2, 0.25) is 0 Å². The number of nitrogens with zero attached hydrogens (tertiary/aromatic N) is 2. The van der Waals surface area contributed by atoms with E-state index in [1.807, 2.05) is 0 Å². The first-order chi connectivity index (χ1) is 8.38. The summed E-state index contributed by atoms with van der Waals surface area (Å²) in [6, 6.07) is 0. The maximum absolute atomic E-state index is 6.61. The number of nitrogens with two attached hydrogens (primary N) is 1. The Morgan fingerprint density at radius 2 is 2.11 bits per heavy atom. The van der Waals surface area contributed by atoms with Crippen molar-refractivity contribution in [3.05, 3.63) is 11.7 Å². The average Bonchev–Trinajstić information content (AvgIpc) is 2.79. The van der Waals surface area contributed by atoms with Gasteiger partial charge in [0.15, 0.2) is 5.82 Å². The number of aromatic nitrogens is 2. The highest BCUT2D eigenvalue weighted by atomic mass is 16.5. The van der Waals surface area contributed by atoms with Gasteiger partial charge in [-0.25, -0.2) is 0 Å². The molecule has 0 amide bonds. The molecule has 1 aromatic heterocycles. The third-order valence-electron chi connectivity index (χ3n) is 4.10. The molecule has 1 fully saturated rings. The standard InChI is InChI=1S/C14H25N3O/c1-5-10-8-6-7-9-14(10,15)11-16-12(18-17-11)13(2,3)4/h10H,5-9,15H2,1-4H3. The van der Waals surface area contributed by atoms with Crippen molar-refractivity contribution in [2.75, 3.05) is 0 Å². The van der Waals surface area contributed by atoms with Gasteiger partial charge in [0.05, 0.1) is 5.54 Å². The van der Waals surface area contributed by atoms with Crippen molar-refractivity contribution in [3.8, 4) is 0 Å². The first kappa shape index (κ1) is 13.5. The van der Waals surface area contributed by atoms with Gasteiger partial charge in [0.25, 0.3) is 0 Å². The molecule has 2 atom stereocenters. The minimum Gasteiger partial charge on any atom is -0.339 e. The van der Waals surface area contributed by atoms with E-state index in [0.717, 1.165) is 19.3 Å². The largest absolute Gasteiger partial charge is 0.339 e. The Morgan fingerprint density at radius 3 is 2.67 bits per heavy atom. The van der Waals surface area contributed by atoms with Crippen LogP contribution in [0.25, 0.3) is 0 Å². The molecule has 1 aliphatic rings. The van der Waals surface area contributed by atoms with Crippen molar-refractivity contribution in [2.45, 2.75) is 70.8 Å². The Balaban J connectivity index is 2.31. The Morgan fingerprint density at radius 1 is 1.39 bits per heavy atom. The zero-order valence-corrected chi connectivity index (χ0v) is 12.0. The maximum Gasteiger partial charge on any atom is 0.232 e. The molecule has 1 heterocycles. The second-order valence-electron chi connectivity index (χ2n) is 6.56. The topological polar surface area (TPSA) is 64.9 Å². The van der Waals surface area contributed by atoms with Gasteiger partial charge in [-0.3, -0.25) is 0 Å². The second kappa shape index (κ2) is 4.65. The fourth-order valence-electron chi connectivity index (χ4n) is 2.85. The summed E-state index contributed by atoms with van der Waals surface area (Å²) >= 11 is 0. The quantitative estimate of drug-likeness (QED) is 0.877. The smallest absolute Gasteiger partial charge is 0.232 e. The molecule has 1 aromatic rings. The minimum absolute atomic E-state index is 0.113. The van der Waals surface area contributed by atoms with Crippen molar-refractivity contribution in [2.24, 2.45) is 11.7 Å². The average molecular weight is 251 g/mol. The van der Waals surface area contributed by atoms with Gasteiger partial charge in [-0.1, -0.05) is 52.1 Å². The van der Waals surface area contributed by atoms with Crippen molar-refractivity contribution >= 4 is 0 Å². The summed E-state index contributed by atoms with van der Waals surface area (Å²) < 4.78 is 5.40. The van der Waals surface area contributed by atoms with Crippen LogP contribution in [0.4, 0.5) is 0 Å². The van der Waals surface area contributed by atoms with E-state index in [-0.39, 0.29) is 11.0 Å². The molecule has 2 N–H and O–H groups in total. The van der Waals surface area contributed by atoms with E-state index < -0.39 is 0 Å². The van der Waals surface area contributed by atoms with Gasteiger partial charge >= 0.3 is 0 Å². The predicted octanol–water partition coefficient (Wildman–Crippen LogP) is 3.12. The highest BCUT2D eigenvalue weighted by Crippen LogP contribution is 2.40. The van der Waals surface area contributed by atoms with E-state index in [0.29, 0.717) is 17.6 Å². The fourth-order valence-corrected chi connectivity index (χ4v) is 2.85. The van der Waals surface area contributed by atoms with E-state index >= 15 is 0 Å². The summed E-state index contributed by atoms with van der Waals surface area (Å²) in [5.41, 5.74) is 6.10. The van der Waals surface area contributed by atoms with Crippen LogP contribution >= 0.6 is 0 Å². The summed E-state index contributed by atoms with van der Waals surface area (Å²) in [6.07, 6.45) is 5.64. The first-order valence-corrected chi connectivity index (χ1v) is 7.01. The monoisotopic (exact) mass is 251 g/mol. The highest BCUT2D eigenvalue weighted by molar-refractivity contribution is 5.10. The number of rotatable bonds is 2. The molecule has 4 nitrogen and oxygen atoms in total. The Kier molecular flexibility index (Phi) is 3.49. The van der Waals surface area contributed by atoms with E-state index in [9.17, 15) is 0 Å². The van der Waals surface area contributed by atoms with Gasteiger partial charge in [-0.15, -0.1) is 0 Å². The Hall–Kier alpha value is -0.900.